The number of carbonyl (C=O) groups is 1. The second kappa shape index (κ2) is 9.84. The molecule has 4 aromatic rings. The number of nitrogens with zero attached hydrogens (tertiary/aromatic N) is 5. The molecule has 8 nitrogen and oxygen atoms in total. The van der Waals surface area contributed by atoms with Crippen LogP contribution in [-0.4, -0.2) is 44.5 Å². The SMILES string of the molecule is CC(=O)c1cn(-c2cnccn2)c2cc(N3CCCCC3COc3ccccn3)c(Cl)cc2c1=O. The van der Waals surface area contributed by atoms with Crippen molar-refractivity contribution in [2.45, 2.75) is 32.2 Å². The van der Waals surface area contributed by atoms with Crippen LogP contribution in [0.2, 0.25) is 5.02 Å². The second-order valence-corrected chi connectivity index (χ2v) is 8.91. The van der Waals surface area contributed by atoms with E-state index in [0.717, 1.165) is 31.5 Å². The van der Waals surface area contributed by atoms with E-state index in [1.54, 1.807) is 35.4 Å². The molecule has 0 N–H and O–H groups in total. The number of ketones is 1. The molecule has 1 aromatic carbocycles. The van der Waals surface area contributed by atoms with Gasteiger partial charge in [0.1, 0.15) is 6.61 Å². The van der Waals surface area contributed by atoms with Crippen LogP contribution in [0, 0.1) is 0 Å². The summed E-state index contributed by atoms with van der Waals surface area (Å²) in [6.07, 6.45) is 11.0. The predicted molar refractivity (Wildman–Crippen MR) is 135 cm³/mol. The van der Waals surface area contributed by atoms with Gasteiger partial charge < -0.3 is 9.64 Å². The molecule has 4 heterocycles. The summed E-state index contributed by atoms with van der Waals surface area (Å²) in [5, 5.41) is 0.807. The minimum absolute atomic E-state index is 0.0755. The topological polar surface area (TPSA) is 90.2 Å². The Morgan fingerprint density at radius 1 is 1.17 bits per heavy atom. The molecular formula is C26H24ClN5O3. The molecule has 5 rings (SSSR count). The maximum atomic E-state index is 13.1. The van der Waals surface area contributed by atoms with Crippen LogP contribution in [0.25, 0.3) is 16.7 Å². The largest absolute Gasteiger partial charge is 0.475 e. The molecule has 0 spiro atoms. The lowest BCUT2D eigenvalue weighted by Crippen LogP contribution is -2.43. The number of hydrogen-bond acceptors (Lipinski definition) is 7. The van der Waals surface area contributed by atoms with Crippen molar-refractivity contribution < 1.29 is 9.53 Å². The Morgan fingerprint density at radius 2 is 2.06 bits per heavy atom. The fourth-order valence-corrected chi connectivity index (χ4v) is 4.79. The van der Waals surface area contributed by atoms with E-state index >= 15 is 0 Å². The molecule has 0 radical (unpaired) electrons. The first-order valence-corrected chi connectivity index (χ1v) is 11.9. The van der Waals surface area contributed by atoms with Gasteiger partial charge in [-0.25, -0.2) is 9.97 Å². The van der Waals surface area contributed by atoms with Crippen LogP contribution in [0.15, 0.2) is 66.1 Å². The van der Waals surface area contributed by atoms with Crippen molar-refractivity contribution in [3.63, 3.8) is 0 Å². The van der Waals surface area contributed by atoms with E-state index in [4.69, 9.17) is 16.3 Å². The molecule has 0 bridgehead atoms. The average molecular weight is 490 g/mol. The number of pyridine rings is 2. The van der Waals surface area contributed by atoms with Gasteiger partial charge in [0.2, 0.25) is 5.88 Å². The summed E-state index contributed by atoms with van der Waals surface area (Å²) in [5.74, 6) is 0.760. The molecule has 0 amide bonds. The molecule has 3 aromatic heterocycles. The van der Waals surface area contributed by atoms with Crippen LogP contribution in [0.5, 0.6) is 5.88 Å². The first-order valence-electron chi connectivity index (χ1n) is 11.5. The van der Waals surface area contributed by atoms with E-state index in [-0.39, 0.29) is 22.8 Å². The van der Waals surface area contributed by atoms with Gasteiger partial charge in [0.25, 0.3) is 0 Å². The Hall–Kier alpha value is -3.78. The highest BCUT2D eigenvalue weighted by atomic mass is 35.5. The van der Waals surface area contributed by atoms with E-state index in [1.165, 1.54) is 13.1 Å². The second-order valence-electron chi connectivity index (χ2n) is 8.50. The van der Waals surface area contributed by atoms with Crippen LogP contribution < -0.4 is 15.1 Å². The van der Waals surface area contributed by atoms with Crippen LogP contribution in [0.4, 0.5) is 5.69 Å². The molecule has 1 aliphatic heterocycles. The average Bonchev–Trinajstić information content (AvgIpc) is 2.89. The molecule has 9 heteroatoms. The van der Waals surface area contributed by atoms with Gasteiger partial charge in [-0.3, -0.25) is 19.1 Å². The number of carbonyl (C=O) groups excluding carboxylic acids is 1. The van der Waals surface area contributed by atoms with Gasteiger partial charge in [0, 0.05) is 42.8 Å². The lowest BCUT2D eigenvalue weighted by Gasteiger charge is -2.38. The summed E-state index contributed by atoms with van der Waals surface area (Å²) in [4.78, 5) is 40.4. The van der Waals surface area contributed by atoms with Crippen LogP contribution in [0.1, 0.15) is 36.5 Å². The number of ether oxygens (including phenoxy) is 1. The number of aromatic nitrogens is 4. The van der Waals surface area contributed by atoms with Crippen molar-refractivity contribution in [1.82, 2.24) is 19.5 Å². The summed E-state index contributed by atoms with van der Waals surface area (Å²) in [6, 6.07) is 9.22. The summed E-state index contributed by atoms with van der Waals surface area (Å²) in [5.41, 5.74) is 1.14. The van der Waals surface area contributed by atoms with E-state index in [0.29, 0.717) is 34.2 Å². The summed E-state index contributed by atoms with van der Waals surface area (Å²) in [7, 11) is 0. The highest BCUT2D eigenvalue weighted by Gasteiger charge is 2.26. The number of halogens is 1. The smallest absolute Gasteiger partial charge is 0.213 e. The molecular weight excluding hydrogens is 466 g/mol. The summed E-state index contributed by atoms with van der Waals surface area (Å²) in [6.45, 7) is 2.65. The lowest BCUT2D eigenvalue weighted by atomic mass is 10.0. The Kier molecular flexibility index (Phi) is 6.46. The van der Waals surface area contributed by atoms with Crippen LogP contribution >= 0.6 is 11.6 Å². The van der Waals surface area contributed by atoms with E-state index in [9.17, 15) is 9.59 Å². The Bertz CT molecular complexity index is 1430. The predicted octanol–water partition coefficient (Wildman–Crippen LogP) is 4.47. The number of Topliss-reactive ketones (excluding diaryl/α,β-unsaturated/α-hetero) is 1. The highest BCUT2D eigenvalue weighted by molar-refractivity contribution is 6.34. The van der Waals surface area contributed by atoms with E-state index < -0.39 is 0 Å². The zero-order chi connectivity index (χ0) is 24.4. The minimum atomic E-state index is -0.352. The third-order valence-electron chi connectivity index (χ3n) is 6.25. The van der Waals surface area contributed by atoms with Gasteiger partial charge in [0.05, 0.1) is 34.0 Å². The van der Waals surface area contributed by atoms with Gasteiger partial charge in [0.15, 0.2) is 17.0 Å². The lowest BCUT2D eigenvalue weighted by molar-refractivity contribution is 0.101. The molecule has 0 aliphatic carbocycles. The van der Waals surface area contributed by atoms with E-state index in [2.05, 4.69) is 19.9 Å². The highest BCUT2D eigenvalue weighted by Crippen LogP contribution is 2.35. The van der Waals surface area contributed by atoms with Gasteiger partial charge >= 0.3 is 0 Å². The van der Waals surface area contributed by atoms with Crippen molar-refractivity contribution in [3.8, 4) is 11.7 Å². The van der Waals surface area contributed by atoms with Gasteiger partial charge in [-0.15, -0.1) is 0 Å². The Labute approximate surface area is 207 Å². The number of rotatable bonds is 6. The zero-order valence-electron chi connectivity index (χ0n) is 19.2. The Balaban J connectivity index is 1.61. The number of benzene rings is 1. The normalized spacial score (nSPS) is 15.8. The standard InChI is InChI=1S/C26H24ClN5O3/c1-17(33)20-15-32(24-14-28-9-10-29-24)22-13-23(21(27)12-19(22)26(20)34)31-11-5-3-6-18(31)16-35-25-7-2-4-8-30-25/h2,4,7-10,12-15,18H,3,5-6,11,16H2,1H3. The number of piperidine rings is 1. The molecule has 178 valence electrons. The molecule has 1 atom stereocenters. The van der Waals surface area contributed by atoms with Gasteiger partial charge in [-0.1, -0.05) is 17.7 Å². The van der Waals surface area contributed by atoms with Crippen molar-refractivity contribution in [2.24, 2.45) is 0 Å². The minimum Gasteiger partial charge on any atom is -0.475 e. The third-order valence-corrected chi connectivity index (χ3v) is 6.55. The van der Waals surface area contributed by atoms with Crippen LogP contribution in [0.3, 0.4) is 0 Å². The van der Waals surface area contributed by atoms with Crippen molar-refractivity contribution in [3.05, 3.63) is 82.1 Å². The van der Waals surface area contributed by atoms with Crippen LogP contribution in [-0.2, 0) is 0 Å². The maximum absolute atomic E-state index is 13.1. The quantitative estimate of drug-likeness (QED) is 0.369. The van der Waals surface area contributed by atoms with Crippen molar-refractivity contribution in [2.75, 3.05) is 18.1 Å². The molecule has 1 unspecified atom stereocenters. The third kappa shape index (κ3) is 4.61. The first kappa shape index (κ1) is 23.0. The fourth-order valence-electron chi connectivity index (χ4n) is 4.52. The number of anilines is 1. The number of fused-ring (bicyclic) bond motifs is 1. The summed E-state index contributed by atoms with van der Waals surface area (Å²) >= 11 is 6.77. The summed E-state index contributed by atoms with van der Waals surface area (Å²) < 4.78 is 7.70. The zero-order valence-corrected chi connectivity index (χ0v) is 20.0. The monoisotopic (exact) mass is 489 g/mol. The maximum Gasteiger partial charge on any atom is 0.213 e. The molecule has 1 aliphatic rings. The first-order chi connectivity index (χ1) is 17.0. The number of hydrogen-bond donors (Lipinski definition) is 0. The molecule has 35 heavy (non-hydrogen) atoms. The Morgan fingerprint density at radius 3 is 2.80 bits per heavy atom. The van der Waals surface area contributed by atoms with Crippen molar-refractivity contribution >= 4 is 34.0 Å². The van der Waals surface area contributed by atoms with Gasteiger partial charge in [-0.05, 0) is 44.4 Å². The van der Waals surface area contributed by atoms with Crippen molar-refractivity contribution in [1.29, 1.82) is 0 Å². The van der Waals surface area contributed by atoms with Gasteiger partial charge in [-0.2, -0.15) is 0 Å². The fraction of sp³-hybridized carbons (Fsp3) is 0.269. The van der Waals surface area contributed by atoms with E-state index in [1.807, 2.05) is 24.3 Å². The molecule has 0 saturated carbocycles. The molecule has 1 saturated heterocycles. The molecule has 1 fully saturated rings.